The van der Waals surface area contributed by atoms with Crippen LogP contribution >= 0.6 is 15.9 Å². The van der Waals surface area contributed by atoms with Crippen molar-refractivity contribution in [2.24, 2.45) is 0 Å². The topological polar surface area (TPSA) is 22.1 Å². The summed E-state index contributed by atoms with van der Waals surface area (Å²) in [6, 6.07) is 11.5. The molecule has 3 heteroatoms. The summed E-state index contributed by atoms with van der Waals surface area (Å²) in [5.74, 6) is 1.53. The van der Waals surface area contributed by atoms with Crippen LogP contribution in [0.25, 0.3) is 0 Å². The molecule has 2 rings (SSSR count). The van der Waals surface area contributed by atoms with E-state index < -0.39 is 0 Å². The molecule has 2 nitrogen and oxygen atoms in total. The molecule has 1 aromatic heterocycles. The molecule has 0 aliphatic rings. The van der Waals surface area contributed by atoms with Crippen LogP contribution in [0.1, 0.15) is 0 Å². The first kappa shape index (κ1) is 9.21. The highest BCUT2D eigenvalue weighted by molar-refractivity contribution is 9.10. The maximum absolute atomic E-state index is 5.60. The van der Waals surface area contributed by atoms with Crippen molar-refractivity contribution in [3.8, 4) is 11.5 Å². The van der Waals surface area contributed by atoms with Crippen LogP contribution in [-0.4, -0.2) is 4.98 Å². The summed E-state index contributed by atoms with van der Waals surface area (Å²) in [5, 5.41) is 0. The Morgan fingerprint density at radius 2 is 1.86 bits per heavy atom. The van der Waals surface area contributed by atoms with Gasteiger partial charge in [0.2, 0.25) is 0 Å². The van der Waals surface area contributed by atoms with Crippen molar-refractivity contribution < 1.29 is 4.74 Å². The van der Waals surface area contributed by atoms with E-state index in [2.05, 4.69) is 20.9 Å². The Labute approximate surface area is 90.7 Å². The summed E-state index contributed by atoms with van der Waals surface area (Å²) in [7, 11) is 0. The van der Waals surface area contributed by atoms with Crippen molar-refractivity contribution in [3.05, 3.63) is 53.3 Å². The zero-order valence-corrected chi connectivity index (χ0v) is 8.94. The second-order valence-electron chi connectivity index (χ2n) is 2.72. The minimum Gasteiger partial charge on any atom is -0.455 e. The summed E-state index contributed by atoms with van der Waals surface area (Å²) >= 11 is 3.39. The van der Waals surface area contributed by atoms with Gasteiger partial charge in [-0.15, -0.1) is 0 Å². The Hall–Kier alpha value is -1.35. The monoisotopic (exact) mass is 249 g/mol. The van der Waals surface area contributed by atoms with Gasteiger partial charge >= 0.3 is 0 Å². The van der Waals surface area contributed by atoms with E-state index in [-0.39, 0.29) is 0 Å². The standard InChI is InChI=1S/C11H8BrNO/c12-10-6-7-13-8-11(10)14-9-4-2-1-3-5-9/h1-8H. The number of aromatic nitrogens is 1. The normalized spacial score (nSPS) is 9.79. The van der Waals surface area contributed by atoms with Gasteiger partial charge in [0.1, 0.15) is 5.75 Å². The van der Waals surface area contributed by atoms with E-state index in [1.54, 1.807) is 12.4 Å². The highest BCUT2D eigenvalue weighted by atomic mass is 79.9. The average Bonchev–Trinajstić information content (AvgIpc) is 2.23. The molecule has 70 valence electrons. The number of halogens is 1. The molecule has 0 fully saturated rings. The minimum atomic E-state index is 0.721. The Bertz CT molecular complexity index is 417. The van der Waals surface area contributed by atoms with Gasteiger partial charge in [-0.25, -0.2) is 0 Å². The van der Waals surface area contributed by atoms with Gasteiger partial charge in [-0.3, -0.25) is 4.98 Å². The van der Waals surface area contributed by atoms with E-state index in [0.717, 1.165) is 16.0 Å². The average molecular weight is 250 g/mol. The lowest BCUT2D eigenvalue weighted by atomic mass is 10.3. The smallest absolute Gasteiger partial charge is 0.159 e. The summed E-state index contributed by atoms with van der Waals surface area (Å²) in [4.78, 5) is 3.99. The van der Waals surface area contributed by atoms with Gasteiger partial charge in [-0.05, 0) is 34.1 Å². The third-order valence-corrected chi connectivity index (χ3v) is 2.36. The molecular formula is C11H8BrNO. The fraction of sp³-hybridized carbons (Fsp3) is 0. The van der Waals surface area contributed by atoms with Crippen LogP contribution in [0, 0.1) is 0 Å². The SMILES string of the molecule is Brc1ccncc1Oc1ccccc1. The van der Waals surface area contributed by atoms with Crippen molar-refractivity contribution in [1.29, 1.82) is 0 Å². The van der Waals surface area contributed by atoms with Gasteiger partial charge in [-0.1, -0.05) is 18.2 Å². The molecule has 14 heavy (non-hydrogen) atoms. The molecule has 0 saturated heterocycles. The number of hydrogen-bond donors (Lipinski definition) is 0. The number of ether oxygens (including phenoxy) is 1. The Balaban J connectivity index is 2.24. The minimum absolute atomic E-state index is 0.721. The van der Waals surface area contributed by atoms with Crippen LogP contribution in [0.2, 0.25) is 0 Å². The fourth-order valence-electron chi connectivity index (χ4n) is 1.05. The molecule has 0 N–H and O–H groups in total. The van der Waals surface area contributed by atoms with E-state index in [9.17, 15) is 0 Å². The molecular weight excluding hydrogens is 242 g/mol. The Morgan fingerprint density at radius 3 is 2.57 bits per heavy atom. The molecule has 0 aliphatic heterocycles. The molecule has 0 spiro atoms. The van der Waals surface area contributed by atoms with Gasteiger partial charge in [0, 0.05) is 6.20 Å². The van der Waals surface area contributed by atoms with E-state index >= 15 is 0 Å². The van der Waals surface area contributed by atoms with Crippen molar-refractivity contribution >= 4 is 15.9 Å². The van der Waals surface area contributed by atoms with Crippen LogP contribution in [0.4, 0.5) is 0 Å². The fourth-order valence-corrected chi connectivity index (χ4v) is 1.36. The quantitative estimate of drug-likeness (QED) is 0.811. The number of pyridine rings is 1. The van der Waals surface area contributed by atoms with Gasteiger partial charge in [0.15, 0.2) is 5.75 Å². The lowest BCUT2D eigenvalue weighted by Crippen LogP contribution is -1.85. The predicted molar refractivity (Wildman–Crippen MR) is 58.5 cm³/mol. The third-order valence-electron chi connectivity index (χ3n) is 1.71. The molecule has 0 aliphatic carbocycles. The lowest BCUT2D eigenvalue weighted by Gasteiger charge is -2.05. The number of hydrogen-bond acceptors (Lipinski definition) is 2. The molecule has 0 unspecified atom stereocenters. The third kappa shape index (κ3) is 2.12. The van der Waals surface area contributed by atoms with E-state index in [0.29, 0.717) is 0 Å². The number of rotatable bonds is 2. The van der Waals surface area contributed by atoms with Gasteiger partial charge in [-0.2, -0.15) is 0 Å². The first-order valence-electron chi connectivity index (χ1n) is 4.18. The zero-order valence-electron chi connectivity index (χ0n) is 7.35. The molecule has 0 amide bonds. The summed E-state index contributed by atoms with van der Waals surface area (Å²) in [6.07, 6.45) is 3.39. The van der Waals surface area contributed by atoms with Crippen molar-refractivity contribution in [3.63, 3.8) is 0 Å². The van der Waals surface area contributed by atoms with Crippen molar-refractivity contribution in [2.45, 2.75) is 0 Å². The van der Waals surface area contributed by atoms with Crippen LogP contribution in [-0.2, 0) is 0 Å². The molecule has 0 bridgehead atoms. The first-order chi connectivity index (χ1) is 6.86. The molecule has 2 aromatic rings. The maximum atomic E-state index is 5.60. The van der Waals surface area contributed by atoms with E-state index in [1.807, 2.05) is 36.4 Å². The second-order valence-corrected chi connectivity index (χ2v) is 3.58. The van der Waals surface area contributed by atoms with Crippen LogP contribution < -0.4 is 4.74 Å². The largest absolute Gasteiger partial charge is 0.455 e. The van der Waals surface area contributed by atoms with Crippen LogP contribution in [0.3, 0.4) is 0 Å². The van der Waals surface area contributed by atoms with Gasteiger partial charge < -0.3 is 4.74 Å². The number of nitrogens with zero attached hydrogens (tertiary/aromatic N) is 1. The molecule has 1 heterocycles. The summed E-state index contributed by atoms with van der Waals surface area (Å²) in [5.41, 5.74) is 0. The molecule has 1 aromatic carbocycles. The van der Waals surface area contributed by atoms with Crippen LogP contribution in [0.5, 0.6) is 11.5 Å². The molecule has 0 saturated carbocycles. The maximum Gasteiger partial charge on any atom is 0.159 e. The first-order valence-corrected chi connectivity index (χ1v) is 4.98. The summed E-state index contributed by atoms with van der Waals surface area (Å²) < 4.78 is 6.50. The Kier molecular flexibility index (Phi) is 2.79. The van der Waals surface area contributed by atoms with E-state index in [1.165, 1.54) is 0 Å². The predicted octanol–water partition coefficient (Wildman–Crippen LogP) is 3.64. The lowest BCUT2D eigenvalue weighted by molar-refractivity contribution is 0.477. The van der Waals surface area contributed by atoms with Gasteiger partial charge in [0.25, 0.3) is 0 Å². The highest BCUT2D eigenvalue weighted by Crippen LogP contribution is 2.27. The highest BCUT2D eigenvalue weighted by Gasteiger charge is 2.00. The Morgan fingerprint density at radius 1 is 1.07 bits per heavy atom. The van der Waals surface area contributed by atoms with Crippen molar-refractivity contribution in [2.75, 3.05) is 0 Å². The molecule has 0 atom stereocenters. The zero-order chi connectivity index (χ0) is 9.80. The molecule has 0 radical (unpaired) electrons. The second kappa shape index (κ2) is 4.24. The number of benzene rings is 1. The van der Waals surface area contributed by atoms with Crippen molar-refractivity contribution in [1.82, 2.24) is 4.98 Å². The van der Waals surface area contributed by atoms with E-state index in [4.69, 9.17) is 4.74 Å². The van der Waals surface area contributed by atoms with Gasteiger partial charge in [0.05, 0.1) is 10.7 Å². The number of para-hydroxylation sites is 1. The van der Waals surface area contributed by atoms with Crippen LogP contribution in [0.15, 0.2) is 53.3 Å². The summed E-state index contributed by atoms with van der Waals surface area (Å²) in [6.45, 7) is 0.